The minimum Gasteiger partial charge on any atom is -0.351 e. The third kappa shape index (κ3) is 3.42. The summed E-state index contributed by atoms with van der Waals surface area (Å²) in [5.41, 5.74) is 7.16. The van der Waals surface area contributed by atoms with Crippen molar-refractivity contribution in [1.29, 1.82) is 0 Å². The number of nitrogens with zero attached hydrogens (tertiary/aromatic N) is 2. The van der Waals surface area contributed by atoms with E-state index < -0.39 is 4.92 Å². The fraction of sp³-hybridized carbons (Fsp3) is 0.312. The number of benzene rings is 1. The topological polar surface area (TPSA) is 105 Å². The first-order chi connectivity index (χ1) is 11.1. The van der Waals surface area contributed by atoms with Gasteiger partial charge in [-0.05, 0) is 18.0 Å². The molecular formula is C16H19ClN4O3. The number of nitrogens with two attached hydrogens (primary N) is 1. The van der Waals surface area contributed by atoms with Gasteiger partial charge in [-0.25, -0.2) is 0 Å². The van der Waals surface area contributed by atoms with Crippen LogP contribution in [-0.2, 0) is 0 Å². The van der Waals surface area contributed by atoms with Crippen molar-refractivity contribution in [3.8, 4) is 0 Å². The zero-order valence-electron chi connectivity index (χ0n) is 12.9. The Hall–Kier alpha value is -2.38. The fourth-order valence-corrected chi connectivity index (χ4v) is 3.14. The summed E-state index contributed by atoms with van der Waals surface area (Å²) in [6, 6.07) is 11.3. The van der Waals surface area contributed by atoms with E-state index in [0.717, 1.165) is 5.56 Å². The molecule has 1 aliphatic rings. The lowest BCUT2D eigenvalue weighted by Crippen LogP contribution is -2.30. The summed E-state index contributed by atoms with van der Waals surface area (Å²) in [6.07, 6.45) is 1.23. The van der Waals surface area contributed by atoms with Crippen molar-refractivity contribution in [2.75, 3.05) is 19.6 Å². The van der Waals surface area contributed by atoms with E-state index in [0.29, 0.717) is 19.6 Å². The zero-order valence-corrected chi connectivity index (χ0v) is 13.7. The molecule has 1 aliphatic heterocycles. The largest absolute Gasteiger partial charge is 0.351 e. The van der Waals surface area contributed by atoms with Crippen LogP contribution in [0.25, 0.3) is 0 Å². The van der Waals surface area contributed by atoms with Gasteiger partial charge in [0.15, 0.2) is 0 Å². The number of nitrogens with one attached hydrogen (secondary N) is 1. The first-order valence-electron chi connectivity index (χ1n) is 7.47. The Morgan fingerprint density at radius 1 is 1.33 bits per heavy atom. The molecular weight excluding hydrogens is 332 g/mol. The molecule has 7 nitrogen and oxygen atoms in total. The van der Waals surface area contributed by atoms with Crippen molar-refractivity contribution in [2.24, 2.45) is 11.7 Å². The molecule has 3 N–H and O–H groups in total. The lowest BCUT2D eigenvalue weighted by atomic mass is 9.89. The van der Waals surface area contributed by atoms with E-state index in [1.165, 1.54) is 12.3 Å². The van der Waals surface area contributed by atoms with Gasteiger partial charge in [-0.2, -0.15) is 0 Å². The van der Waals surface area contributed by atoms with E-state index in [1.807, 2.05) is 30.3 Å². The quantitative estimate of drug-likeness (QED) is 0.651. The van der Waals surface area contributed by atoms with E-state index in [9.17, 15) is 14.9 Å². The monoisotopic (exact) mass is 350 g/mol. The lowest BCUT2D eigenvalue weighted by Gasteiger charge is -2.16. The number of amides is 1. The Morgan fingerprint density at radius 3 is 2.62 bits per heavy atom. The second-order valence-electron chi connectivity index (χ2n) is 5.75. The summed E-state index contributed by atoms with van der Waals surface area (Å²) in [5, 5.41) is 10.7. The second-order valence-corrected chi connectivity index (χ2v) is 5.75. The SMILES string of the molecule is Cl.NC[C@@H]1CN(C(=O)c2cc([N+](=O)[O-])c[nH]2)C[C@H]1c1ccccc1. The van der Waals surface area contributed by atoms with E-state index in [4.69, 9.17) is 5.73 Å². The molecule has 1 fully saturated rings. The molecule has 2 aromatic rings. The molecule has 2 atom stereocenters. The van der Waals surface area contributed by atoms with Crippen molar-refractivity contribution in [3.05, 3.63) is 64.0 Å². The van der Waals surface area contributed by atoms with E-state index in [1.54, 1.807) is 4.90 Å². The average Bonchev–Trinajstić information content (AvgIpc) is 3.22. The molecule has 24 heavy (non-hydrogen) atoms. The summed E-state index contributed by atoms with van der Waals surface area (Å²) < 4.78 is 0. The number of aromatic amines is 1. The zero-order chi connectivity index (χ0) is 16.4. The van der Waals surface area contributed by atoms with Gasteiger partial charge in [0.05, 0.1) is 11.1 Å². The number of halogens is 1. The molecule has 0 saturated carbocycles. The molecule has 0 unspecified atom stereocenters. The maximum absolute atomic E-state index is 12.6. The standard InChI is InChI=1S/C16H18N4O3.ClH/c17-7-12-9-19(10-14(12)11-4-2-1-3-5-11)16(21)15-6-13(8-18-15)20(22)23;/h1-6,8,12,14,18H,7,9-10,17H2;1H/t12-,14+;/m1./s1. The summed E-state index contributed by atoms with van der Waals surface area (Å²) >= 11 is 0. The van der Waals surface area contributed by atoms with E-state index in [2.05, 4.69) is 4.98 Å². The highest BCUT2D eigenvalue weighted by Crippen LogP contribution is 2.32. The molecule has 1 aromatic carbocycles. The van der Waals surface area contributed by atoms with Crippen molar-refractivity contribution in [3.63, 3.8) is 0 Å². The number of hydrogen-bond donors (Lipinski definition) is 2. The van der Waals surface area contributed by atoms with Crippen molar-refractivity contribution >= 4 is 24.0 Å². The molecule has 8 heteroatoms. The fourth-order valence-electron chi connectivity index (χ4n) is 3.14. The van der Waals surface area contributed by atoms with Gasteiger partial charge in [0.2, 0.25) is 0 Å². The van der Waals surface area contributed by atoms with E-state index >= 15 is 0 Å². The number of rotatable bonds is 4. The Bertz CT molecular complexity index is 719. The smallest absolute Gasteiger partial charge is 0.287 e. The minimum atomic E-state index is -0.521. The number of likely N-dealkylation sites (tertiary alicyclic amines) is 1. The molecule has 1 aromatic heterocycles. The number of carbonyl (C=O) groups is 1. The predicted octanol–water partition coefficient (Wildman–Crippen LogP) is 2.16. The molecule has 0 bridgehead atoms. The van der Waals surface area contributed by atoms with E-state index in [-0.39, 0.29) is 41.5 Å². The van der Waals surface area contributed by atoms with Crippen LogP contribution >= 0.6 is 12.4 Å². The summed E-state index contributed by atoms with van der Waals surface area (Å²) in [7, 11) is 0. The lowest BCUT2D eigenvalue weighted by molar-refractivity contribution is -0.384. The molecule has 2 heterocycles. The van der Waals surface area contributed by atoms with Gasteiger partial charge in [-0.15, -0.1) is 12.4 Å². The summed E-state index contributed by atoms with van der Waals surface area (Å²) in [4.78, 5) is 27.2. The highest BCUT2D eigenvalue weighted by Gasteiger charge is 2.36. The molecule has 0 spiro atoms. The van der Waals surface area contributed by atoms with Gasteiger partial charge >= 0.3 is 0 Å². The second kappa shape index (κ2) is 7.46. The van der Waals surface area contributed by atoms with Gasteiger partial charge in [0, 0.05) is 25.1 Å². The highest BCUT2D eigenvalue weighted by atomic mass is 35.5. The van der Waals surface area contributed by atoms with Crippen molar-refractivity contribution < 1.29 is 9.72 Å². The van der Waals surface area contributed by atoms with Gasteiger partial charge in [-0.1, -0.05) is 30.3 Å². The van der Waals surface area contributed by atoms with Gasteiger partial charge < -0.3 is 15.6 Å². The molecule has 128 valence electrons. The molecule has 1 amide bonds. The summed E-state index contributed by atoms with van der Waals surface area (Å²) in [6.45, 7) is 1.62. The van der Waals surface area contributed by atoms with Crippen LogP contribution in [0.4, 0.5) is 5.69 Å². The number of nitro groups is 1. The maximum atomic E-state index is 12.6. The molecule has 0 aliphatic carbocycles. The normalized spacial score (nSPS) is 19.8. The van der Waals surface area contributed by atoms with Crippen LogP contribution in [0, 0.1) is 16.0 Å². The van der Waals surface area contributed by atoms with Crippen LogP contribution in [0.5, 0.6) is 0 Å². The number of carbonyl (C=O) groups excluding carboxylic acids is 1. The molecule has 1 saturated heterocycles. The Morgan fingerprint density at radius 2 is 2.04 bits per heavy atom. The first-order valence-corrected chi connectivity index (χ1v) is 7.47. The first kappa shape index (κ1) is 18.0. The Balaban J connectivity index is 0.00000208. The van der Waals surface area contributed by atoms with Crippen LogP contribution in [0.3, 0.4) is 0 Å². The van der Waals surface area contributed by atoms with Crippen LogP contribution < -0.4 is 5.73 Å². The summed E-state index contributed by atoms with van der Waals surface area (Å²) in [5.74, 6) is 0.149. The van der Waals surface area contributed by atoms with Gasteiger partial charge in [0.25, 0.3) is 11.6 Å². The third-order valence-corrected chi connectivity index (χ3v) is 4.37. The number of H-pyrrole nitrogens is 1. The molecule has 0 radical (unpaired) electrons. The molecule has 3 rings (SSSR count). The van der Waals surface area contributed by atoms with Crippen LogP contribution in [0.2, 0.25) is 0 Å². The van der Waals surface area contributed by atoms with Crippen molar-refractivity contribution in [1.82, 2.24) is 9.88 Å². The van der Waals surface area contributed by atoms with Gasteiger partial charge in [0.1, 0.15) is 5.69 Å². The highest BCUT2D eigenvalue weighted by molar-refractivity contribution is 5.93. The maximum Gasteiger partial charge on any atom is 0.287 e. The minimum absolute atomic E-state index is 0. The van der Waals surface area contributed by atoms with Crippen LogP contribution in [0.1, 0.15) is 22.0 Å². The van der Waals surface area contributed by atoms with Crippen molar-refractivity contribution in [2.45, 2.75) is 5.92 Å². The van der Waals surface area contributed by atoms with Gasteiger partial charge in [-0.3, -0.25) is 14.9 Å². The Kier molecular flexibility index (Phi) is 5.58. The predicted molar refractivity (Wildman–Crippen MR) is 92.3 cm³/mol. The van der Waals surface area contributed by atoms with Crippen LogP contribution in [-0.4, -0.2) is 40.3 Å². The average molecular weight is 351 g/mol. The number of aromatic nitrogens is 1. The third-order valence-electron chi connectivity index (χ3n) is 4.37. The van der Waals surface area contributed by atoms with Crippen LogP contribution in [0.15, 0.2) is 42.6 Å². The Labute approximate surface area is 145 Å². The number of hydrogen-bond acceptors (Lipinski definition) is 4.